The number of rotatable bonds is 27. The second kappa shape index (κ2) is 27.9. The van der Waals surface area contributed by atoms with Gasteiger partial charge in [0, 0.05) is 12.8 Å². The van der Waals surface area contributed by atoms with E-state index in [-0.39, 0.29) is 22.5 Å². The van der Waals surface area contributed by atoms with E-state index in [0.29, 0.717) is 31.5 Å². The topological polar surface area (TPSA) is 144 Å². The van der Waals surface area contributed by atoms with Crippen molar-refractivity contribution in [2.75, 3.05) is 13.1 Å². The molecule has 0 aliphatic carbocycles. The summed E-state index contributed by atoms with van der Waals surface area (Å²) in [5, 5.41) is 15.0. The Morgan fingerprint density at radius 2 is 1.22 bits per heavy atom. The van der Waals surface area contributed by atoms with Gasteiger partial charge in [-0.05, 0) is 37.5 Å². The number of hydrogen-bond acceptors (Lipinski definition) is 6. The maximum Gasteiger partial charge on any atom is 0.243 e. The van der Waals surface area contributed by atoms with Gasteiger partial charge in [-0.25, -0.2) is 17.6 Å². The molecule has 0 saturated heterocycles. The van der Waals surface area contributed by atoms with Crippen molar-refractivity contribution < 1.29 is 32.2 Å². The Kier molecular flexibility index (Phi) is 25.1. The zero-order valence-corrected chi connectivity index (χ0v) is 31.5. The molecule has 0 bridgehead atoms. The van der Waals surface area contributed by atoms with Gasteiger partial charge in [-0.2, -0.15) is 0 Å². The molecule has 2 rings (SSSR count). The number of phenolic OH excluding ortho intramolecular Hbond substituents is 1. The molecule has 1 heterocycles. The predicted octanol–water partition coefficient (Wildman–Crippen LogP) is 7.45. The first kappa shape index (κ1) is 44.1. The quantitative estimate of drug-likeness (QED) is 0.0500. The Bertz CT molecular complexity index is 1210. The van der Waals surface area contributed by atoms with Gasteiger partial charge in [0.05, 0.1) is 18.0 Å². The number of hydrogen-bond donors (Lipinski definition) is 3. The van der Waals surface area contributed by atoms with Crippen LogP contribution in [0.15, 0.2) is 41.8 Å². The third-order valence-electron chi connectivity index (χ3n) is 8.59. The smallest absolute Gasteiger partial charge is 0.243 e. The number of nitrogens with one attached hydrogen (secondary N) is 2. The molecule has 10 nitrogen and oxygen atoms in total. The molecule has 0 spiro atoms. The first-order valence-electron chi connectivity index (χ1n) is 18.9. The number of phenols is 1. The highest BCUT2D eigenvalue weighted by atomic mass is 32.2. The van der Waals surface area contributed by atoms with Gasteiger partial charge in [0.15, 0.2) is 0 Å². The van der Waals surface area contributed by atoms with Crippen molar-refractivity contribution in [2.24, 2.45) is 0 Å². The van der Waals surface area contributed by atoms with E-state index in [2.05, 4.69) is 33.6 Å². The number of benzene rings is 1. The summed E-state index contributed by atoms with van der Waals surface area (Å²) in [6, 6.07) is 3.64. The van der Waals surface area contributed by atoms with Crippen LogP contribution in [-0.4, -0.2) is 47.5 Å². The van der Waals surface area contributed by atoms with Crippen molar-refractivity contribution in [3.63, 3.8) is 0 Å². The van der Waals surface area contributed by atoms with Crippen LogP contribution in [0.1, 0.15) is 148 Å². The number of unbranched alkanes of at least 4 members (excludes halogenated alkanes) is 16. The highest BCUT2D eigenvalue weighted by molar-refractivity contribution is 7.85. The highest BCUT2D eigenvalue weighted by Crippen LogP contribution is 2.20. The number of carbonyl (C=O) groups excluding carboxylic acids is 2. The fourth-order valence-corrected chi connectivity index (χ4v) is 6.31. The van der Waals surface area contributed by atoms with Gasteiger partial charge in [0.2, 0.25) is 18.1 Å². The van der Waals surface area contributed by atoms with Crippen LogP contribution >= 0.6 is 0 Å². The molecule has 3 N–H and O–H groups in total. The maximum atomic E-state index is 12.1. The van der Waals surface area contributed by atoms with Gasteiger partial charge < -0.3 is 20.3 Å². The molecule has 0 atom stereocenters. The van der Waals surface area contributed by atoms with Gasteiger partial charge in [0.25, 0.3) is 0 Å². The molecule has 1 aromatic heterocycles. The molecule has 2 aromatic rings. The minimum Gasteiger partial charge on any atom is -0.744 e. The second-order valence-corrected chi connectivity index (χ2v) is 14.5. The van der Waals surface area contributed by atoms with Gasteiger partial charge in [0.1, 0.15) is 41.4 Å². The van der Waals surface area contributed by atoms with E-state index < -0.39 is 10.1 Å². The Morgan fingerprint density at radius 1 is 0.755 bits per heavy atom. The van der Waals surface area contributed by atoms with Gasteiger partial charge in [-0.15, -0.1) is 0 Å². The van der Waals surface area contributed by atoms with Gasteiger partial charge in [-0.1, -0.05) is 123 Å². The first-order chi connectivity index (χ1) is 23.6. The van der Waals surface area contributed by atoms with E-state index in [1.807, 2.05) is 18.7 Å². The second-order valence-electron chi connectivity index (χ2n) is 13.1. The molecule has 280 valence electrons. The van der Waals surface area contributed by atoms with E-state index in [4.69, 9.17) is 5.11 Å². The fourth-order valence-electron chi connectivity index (χ4n) is 5.58. The number of aromatic nitrogens is 2. The van der Waals surface area contributed by atoms with Crippen LogP contribution < -0.4 is 15.2 Å². The fraction of sp³-hybridized carbons (Fsp3) is 0.711. The summed E-state index contributed by atoms with van der Waals surface area (Å²) < 4.78 is 35.8. The molecular weight excluding hydrogens is 641 g/mol. The lowest BCUT2D eigenvalue weighted by atomic mass is 10.1. The van der Waals surface area contributed by atoms with Crippen molar-refractivity contribution in [1.29, 1.82) is 0 Å². The maximum absolute atomic E-state index is 12.1. The summed E-state index contributed by atoms with van der Waals surface area (Å²) in [4.78, 5) is 23.7. The summed E-state index contributed by atoms with van der Waals surface area (Å²) >= 11 is 0. The van der Waals surface area contributed by atoms with Gasteiger partial charge >= 0.3 is 0 Å². The lowest BCUT2D eigenvalue weighted by Gasteiger charge is -2.09. The molecule has 2 amide bonds. The van der Waals surface area contributed by atoms with E-state index in [0.717, 1.165) is 44.8 Å². The van der Waals surface area contributed by atoms with Crippen LogP contribution in [0.3, 0.4) is 0 Å². The molecule has 1 aromatic carbocycles. The summed E-state index contributed by atoms with van der Waals surface area (Å²) in [6.45, 7) is 8.83. The minimum absolute atomic E-state index is 0.165. The molecular formula is C38H66N4O6S. The van der Waals surface area contributed by atoms with Gasteiger partial charge in [-0.3, -0.25) is 9.59 Å². The number of carbonyl (C=O) groups is 2. The SMILES string of the molecule is CCCCCCCCCCCC(=O)NCCn1cc[n+](CCNC(=O)CCCCCCCCCCC)c1.Cc1ccc(O)cc1S(=O)(=O)[O-]. The standard InChI is InChI=1S/C31H58N4O2.C7H8O4S/c1-3-5-7-9-11-13-15-17-19-21-30(36)32-23-25-34-27-28-35(29-34)26-24-33-31(37)22-20-18-16-14-12-10-8-6-4-2;1-5-2-3-6(8)4-7(5)12(9,10)11/h27-29H,3-26H2,1-2H3,(H-,32,33,36,37);2-4,8H,1H3,(H,9,10,11). The van der Waals surface area contributed by atoms with Crippen molar-refractivity contribution in [2.45, 2.75) is 167 Å². The number of aromatic hydroxyl groups is 1. The molecule has 0 saturated carbocycles. The summed E-state index contributed by atoms with van der Waals surface area (Å²) in [5.74, 6) is 0.102. The first-order valence-corrected chi connectivity index (χ1v) is 20.3. The summed E-state index contributed by atoms with van der Waals surface area (Å²) in [7, 11) is -4.47. The Labute approximate surface area is 297 Å². The van der Waals surface area contributed by atoms with Crippen LogP contribution in [0.2, 0.25) is 0 Å². The Hall–Kier alpha value is -2.92. The Morgan fingerprint density at radius 3 is 1.69 bits per heavy atom. The van der Waals surface area contributed by atoms with Crippen LogP contribution in [0, 0.1) is 6.92 Å². The third-order valence-corrected chi connectivity index (χ3v) is 9.56. The number of nitrogens with zero attached hydrogens (tertiary/aromatic N) is 2. The van der Waals surface area contributed by atoms with E-state index in [1.54, 1.807) is 0 Å². The Balaban J connectivity index is 0.000000835. The van der Waals surface area contributed by atoms with Crippen molar-refractivity contribution in [3.05, 3.63) is 42.5 Å². The molecule has 0 radical (unpaired) electrons. The van der Waals surface area contributed by atoms with Crippen molar-refractivity contribution in [3.8, 4) is 5.75 Å². The largest absolute Gasteiger partial charge is 0.744 e. The van der Waals surface area contributed by atoms with Crippen molar-refractivity contribution in [1.82, 2.24) is 15.2 Å². The predicted molar refractivity (Wildman–Crippen MR) is 195 cm³/mol. The van der Waals surface area contributed by atoms with Crippen LogP contribution in [0.25, 0.3) is 0 Å². The molecule has 0 aliphatic heterocycles. The molecule has 11 heteroatoms. The monoisotopic (exact) mass is 706 g/mol. The molecule has 0 fully saturated rings. The molecule has 0 aliphatic rings. The third kappa shape index (κ3) is 24.0. The lowest BCUT2D eigenvalue weighted by molar-refractivity contribution is -0.694. The number of amides is 2. The average Bonchev–Trinajstić information content (AvgIpc) is 3.51. The van der Waals surface area contributed by atoms with E-state index in [1.165, 1.54) is 109 Å². The van der Waals surface area contributed by atoms with Crippen LogP contribution in [-0.2, 0) is 32.8 Å². The van der Waals surface area contributed by atoms with Crippen molar-refractivity contribution >= 4 is 21.9 Å². The zero-order valence-electron chi connectivity index (χ0n) is 30.7. The molecule has 49 heavy (non-hydrogen) atoms. The van der Waals surface area contributed by atoms with Crippen LogP contribution in [0.4, 0.5) is 0 Å². The zero-order chi connectivity index (χ0) is 36.2. The van der Waals surface area contributed by atoms with Crippen LogP contribution in [0.5, 0.6) is 5.75 Å². The van der Waals surface area contributed by atoms with E-state index >= 15 is 0 Å². The number of aryl methyl sites for hydroxylation is 1. The number of imidazole rings is 1. The summed E-state index contributed by atoms with van der Waals surface area (Å²) in [6.07, 6.45) is 30.3. The normalized spacial score (nSPS) is 11.2. The van der Waals surface area contributed by atoms with E-state index in [9.17, 15) is 22.6 Å². The highest BCUT2D eigenvalue weighted by Gasteiger charge is 2.08. The minimum atomic E-state index is -4.47. The molecule has 0 unspecified atom stereocenters. The lowest BCUT2D eigenvalue weighted by Crippen LogP contribution is -2.39. The summed E-state index contributed by atoms with van der Waals surface area (Å²) in [5.41, 5.74) is 0.336. The average molecular weight is 707 g/mol.